The standard InChI is InChI=1S/C12H7Cl4N/c13-7-3-6(4-8(17)5-7)9-1-2-10(14)12(16)11(9)15/h1-5H,17H2. The van der Waals surface area contributed by atoms with Gasteiger partial charge >= 0.3 is 0 Å². The predicted octanol–water partition coefficient (Wildman–Crippen LogP) is 5.55. The Hall–Kier alpha value is -0.600. The Morgan fingerprint density at radius 1 is 0.824 bits per heavy atom. The molecule has 0 saturated heterocycles. The van der Waals surface area contributed by atoms with Crippen molar-refractivity contribution in [3.05, 3.63) is 50.4 Å². The molecule has 2 aromatic carbocycles. The Bertz CT molecular complexity index is 561. The molecule has 5 heteroatoms. The summed E-state index contributed by atoms with van der Waals surface area (Å²) in [5.41, 5.74) is 7.84. The molecule has 0 aromatic heterocycles. The Labute approximate surface area is 119 Å². The summed E-state index contributed by atoms with van der Waals surface area (Å²) in [6, 6.07) is 8.67. The lowest BCUT2D eigenvalue weighted by Gasteiger charge is -2.08. The zero-order valence-electron chi connectivity index (χ0n) is 8.48. The van der Waals surface area contributed by atoms with Gasteiger partial charge in [0.1, 0.15) is 0 Å². The van der Waals surface area contributed by atoms with Gasteiger partial charge in [-0.25, -0.2) is 0 Å². The first-order chi connectivity index (χ1) is 7.99. The number of benzene rings is 2. The molecule has 0 amide bonds. The lowest BCUT2D eigenvalue weighted by molar-refractivity contribution is 1.61. The fraction of sp³-hybridized carbons (Fsp3) is 0. The maximum atomic E-state index is 6.14. The van der Waals surface area contributed by atoms with Gasteiger partial charge in [-0.3, -0.25) is 0 Å². The van der Waals surface area contributed by atoms with Crippen LogP contribution in [0.1, 0.15) is 0 Å². The number of hydrogen-bond donors (Lipinski definition) is 1. The molecule has 0 fully saturated rings. The van der Waals surface area contributed by atoms with E-state index in [1.807, 2.05) is 0 Å². The van der Waals surface area contributed by atoms with Crippen LogP contribution in [-0.4, -0.2) is 0 Å². The highest BCUT2D eigenvalue weighted by molar-refractivity contribution is 6.49. The average molecular weight is 307 g/mol. The van der Waals surface area contributed by atoms with Crippen LogP contribution in [-0.2, 0) is 0 Å². The summed E-state index contributed by atoms with van der Waals surface area (Å²) < 4.78 is 0. The van der Waals surface area contributed by atoms with E-state index in [0.29, 0.717) is 25.8 Å². The van der Waals surface area contributed by atoms with Gasteiger partial charge in [0.2, 0.25) is 0 Å². The van der Waals surface area contributed by atoms with Crippen LogP contribution in [0, 0.1) is 0 Å². The highest BCUT2D eigenvalue weighted by Gasteiger charge is 2.11. The molecule has 88 valence electrons. The summed E-state index contributed by atoms with van der Waals surface area (Å²) >= 11 is 23.9. The molecule has 0 aliphatic rings. The monoisotopic (exact) mass is 305 g/mol. The van der Waals surface area contributed by atoms with Crippen LogP contribution in [0.15, 0.2) is 30.3 Å². The van der Waals surface area contributed by atoms with Gasteiger partial charge in [-0.1, -0.05) is 52.5 Å². The molecule has 0 unspecified atom stereocenters. The SMILES string of the molecule is Nc1cc(Cl)cc(-c2ccc(Cl)c(Cl)c2Cl)c1. The number of rotatable bonds is 1. The first kappa shape index (κ1) is 12.8. The van der Waals surface area contributed by atoms with Gasteiger partial charge in [0.15, 0.2) is 0 Å². The first-order valence-electron chi connectivity index (χ1n) is 4.69. The Morgan fingerprint density at radius 3 is 2.18 bits per heavy atom. The second-order valence-electron chi connectivity index (χ2n) is 3.50. The van der Waals surface area contributed by atoms with Gasteiger partial charge in [-0.15, -0.1) is 0 Å². The van der Waals surface area contributed by atoms with Crippen LogP contribution < -0.4 is 5.73 Å². The van der Waals surface area contributed by atoms with Crippen molar-refractivity contribution in [1.29, 1.82) is 0 Å². The largest absolute Gasteiger partial charge is 0.399 e. The predicted molar refractivity (Wildman–Crippen MR) is 76.3 cm³/mol. The highest BCUT2D eigenvalue weighted by atomic mass is 35.5. The van der Waals surface area contributed by atoms with Crippen LogP contribution in [0.25, 0.3) is 11.1 Å². The molecule has 0 heterocycles. The summed E-state index contributed by atoms with van der Waals surface area (Å²) in [7, 11) is 0. The van der Waals surface area contributed by atoms with Crippen molar-refractivity contribution in [2.45, 2.75) is 0 Å². The lowest BCUT2D eigenvalue weighted by atomic mass is 10.1. The second-order valence-corrected chi connectivity index (χ2v) is 5.10. The van der Waals surface area contributed by atoms with E-state index in [0.717, 1.165) is 11.1 Å². The molecule has 0 aliphatic carbocycles. The summed E-state index contributed by atoms with van der Waals surface area (Å²) in [5, 5.41) is 1.67. The minimum Gasteiger partial charge on any atom is -0.399 e. The molecule has 1 nitrogen and oxygen atoms in total. The molecule has 0 radical (unpaired) electrons. The zero-order chi connectivity index (χ0) is 12.6. The number of anilines is 1. The van der Waals surface area contributed by atoms with E-state index in [9.17, 15) is 0 Å². The van der Waals surface area contributed by atoms with Gasteiger partial charge in [-0.05, 0) is 29.8 Å². The van der Waals surface area contributed by atoms with Crippen molar-refractivity contribution in [2.24, 2.45) is 0 Å². The molecule has 0 aliphatic heterocycles. The van der Waals surface area contributed by atoms with Crippen LogP contribution in [0.2, 0.25) is 20.1 Å². The molecular weight excluding hydrogens is 300 g/mol. The maximum Gasteiger partial charge on any atom is 0.0784 e. The summed E-state index contributed by atoms with van der Waals surface area (Å²) in [6.45, 7) is 0. The van der Waals surface area contributed by atoms with Crippen molar-refractivity contribution in [3.8, 4) is 11.1 Å². The van der Waals surface area contributed by atoms with Crippen LogP contribution in [0.4, 0.5) is 5.69 Å². The third-order valence-electron chi connectivity index (χ3n) is 2.27. The fourth-order valence-corrected chi connectivity index (χ4v) is 2.40. The van der Waals surface area contributed by atoms with Crippen LogP contribution in [0.3, 0.4) is 0 Å². The van der Waals surface area contributed by atoms with Crippen molar-refractivity contribution < 1.29 is 0 Å². The normalized spacial score (nSPS) is 10.6. The average Bonchev–Trinajstić information content (AvgIpc) is 2.24. The van der Waals surface area contributed by atoms with Gasteiger partial charge in [0, 0.05) is 16.3 Å². The van der Waals surface area contributed by atoms with Crippen LogP contribution >= 0.6 is 46.4 Å². The van der Waals surface area contributed by atoms with Crippen molar-refractivity contribution in [1.82, 2.24) is 0 Å². The van der Waals surface area contributed by atoms with Crippen molar-refractivity contribution >= 4 is 52.1 Å². The molecule has 2 rings (SSSR count). The highest BCUT2D eigenvalue weighted by Crippen LogP contribution is 2.39. The van der Waals surface area contributed by atoms with E-state index in [1.165, 1.54) is 0 Å². The van der Waals surface area contributed by atoms with E-state index in [-0.39, 0.29) is 0 Å². The summed E-state index contributed by atoms with van der Waals surface area (Å²) in [5.74, 6) is 0. The van der Waals surface area contributed by atoms with Crippen molar-refractivity contribution in [3.63, 3.8) is 0 Å². The van der Waals surface area contributed by atoms with E-state index in [1.54, 1.807) is 30.3 Å². The van der Waals surface area contributed by atoms with E-state index in [2.05, 4.69) is 0 Å². The van der Waals surface area contributed by atoms with E-state index in [4.69, 9.17) is 52.1 Å². The van der Waals surface area contributed by atoms with E-state index >= 15 is 0 Å². The fourth-order valence-electron chi connectivity index (χ4n) is 1.52. The number of nitrogen functional groups attached to an aromatic ring is 1. The quantitative estimate of drug-likeness (QED) is 0.542. The Kier molecular flexibility index (Phi) is 3.74. The first-order valence-corrected chi connectivity index (χ1v) is 6.20. The summed E-state index contributed by atoms with van der Waals surface area (Å²) in [4.78, 5) is 0. The molecule has 17 heavy (non-hydrogen) atoms. The Balaban J connectivity index is 2.64. The minimum atomic E-state index is 0.324. The molecule has 0 bridgehead atoms. The molecule has 0 saturated carbocycles. The number of halogens is 4. The molecule has 2 aromatic rings. The van der Waals surface area contributed by atoms with Gasteiger partial charge in [0.25, 0.3) is 0 Å². The smallest absolute Gasteiger partial charge is 0.0784 e. The third-order valence-corrected chi connectivity index (χ3v) is 3.78. The number of nitrogens with two attached hydrogens (primary N) is 1. The molecule has 2 N–H and O–H groups in total. The molecular formula is C12H7Cl4N. The second kappa shape index (κ2) is 4.95. The van der Waals surface area contributed by atoms with Crippen LogP contribution in [0.5, 0.6) is 0 Å². The number of hydrogen-bond acceptors (Lipinski definition) is 1. The molecule has 0 atom stereocenters. The van der Waals surface area contributed by atoms with E-state index < -0.39 is 0 Å². The zero-order valence-corrected chi connectivity index (χ0v) is 11.5. The van der Waals surface area contributed by atoms with Gasteiger partial charge in [0.05, 0.1) is 15.1 Å². The third kappa shape index (κ3) is 2.63. The minimum absolute atomic E-state index is 0.324. The summed E-state index contributed by atoms with van der Waals surface area (Å²) in [6.07, 6.45) is 0. The topological polar surface area (TPSA) is 26.0 Å². The maximum absolute atomic E-state index is 6.14. The Morgan fingerprint density at radius 2 is 1.53 bits per heavy atom. The van der Waals surface area contributed by atoms with Gasteiger partial charge < -0.3 is 5.73 Å². The molecule has 0 spiro atoms. The lowest BCUT2D eigenvalue weighted by Crippen LogP contribution is -1.87. The van der Waals surface area contributed by atoms with Crippen molar-refractivity contribution in [2.75, 3.05) is 5.73 Å². The van der Waals surface area contributed by atoms with Gasteiger partial charge in [-0.2, -0.15) is 0 Å².